The monoisotopic (exact) mass is 431 g/mol. The number of fused-ring (bicyclic) bond motifs is 1. The average molecular weight is 432 g/mol. The zero-order valence-electron chi connectivity index (χ0n) is 18.6. The highest BCUT2D eigenvalue weighted by molar-refractivity contribution is 5.90. The molecule has 0 bridgehead atoms. The van der Waals surface area contributed by atoms with Crippen molar-refractivity contribution in [1.29, 1.82) is 0 Å². The first-order valence-corrected chi connectivity index (χ1v) is 11.0. The van der Waals surface area contributed by atoms with Crippen molar-refractivity contribution < 1.29 is 14.3 Å². The second-order valence-electron chi connectivity index (χ2n) is 8.32. The van der Waals surface area contributed by atoms with Gasteiger partial charge >= 0.3 is 6.03 Å². The van der Waals surface area contributed by atoms with Crippen molar-refractivity contribution >= 4 is 28.4 Å². The van der Waals surface area contributed by atoms with Crippen LogP contribution in [0, 0.1) is 5.92 Å². The Labute approximate surface area is 188 Å². The molecular weight excluding hydrogens is 402 g/mol. The minimum Gasteiger partial charge on any atom is -0.497 e. The van der Waals surface area contributed by atoms with Gasteiger partial charge < -0.3 is 19.9 Å². The molecule has 4 rings (SSSR count). The van der Waals surface area contributed by atoms with E-state index in [-0.39, 0.29) is 17.9 Å². The summed E-state index contributed by atoms with van der Waals surface area (Å²) >= 11 is 0. The molecule has 0 saturated carbocycles. The smallest absolute Gasteiger partial charge is 0.321 e. The van der Waals surface area contributed by atoms with Crippen molar-refractivity contribution in [3.8, 4) is 5.75 Å². The van der Waals surface area contributed by atoms with Crippen LogP contribution in [-0.2, 0) is 11.3 Å². The molecule has 0 aliphatic carbocycles. The number of ether oxygens (including phenoxy) is 1. The Morgan fingerprint density at radius 3 is 2.59 bits per heavy atom. The van der Waals surface area contributed by atoms with Crippen LogP contribution in [0.4, 0.5) is 10.5 Å². The van der Waals surface area contributed by atoms with Crippen LogP contribution in [-0.4, -0.2) is 49.0 Å². The third-order valence-corrected chi connectivity index (χ3v) is 5.99. The Morgan fingerprint density at radius 2 is 1.81 bits per heavy atom. The Hall–Kier alpha value is -3.54. The van der Waals surface area contributed by atoms with E-state index in [1.54, 1.807) is 16.9 Å². The number of amides is 3. The van der Waals surface area contributed by atoms with Crippen molar-refractivity contribution in [2.45, 2.75) is 19.4 Å². The van der Waals surface area contributed by atoms with Crippen molar-refractivity contribution in [1.82, 2.24) is 9.80 Å². The molecule has 3 amide bonds. The van der Waals surface area contributed by atoms with Gasteiger partial charge in [-0.05, 0) is 59.5 Å². The lowest BCUT2D eigenvalue weighted by molar-refractivity contribution is -0.136. The van der Waals surface area contributed by atoms with Gasteiger partial charge in [0.1, 0.15) is 5.75 Å². The van der Waals surface area contributed by atoms with E-state index < -0.39 is 0 Å². The molecule has 1 aliphatic rings. The highest BCUT2D eigenvalue weighted by Crippen LogP contribution is 2.24. The topological polar surface area (TPSA) is 61.9 Å². The first-order valence-electron chi connectivity index (χ1n) is 11.0. The molecule has 1 N–H and O–H groups in total. The van der Waals surface area contributed by atoms with Crippen molar-refractivity contribution in [3.63, 3.8) is 0 Å². The summed E-state index contributed by atoms with van der Waals surface area (Å²) in [6, 6.07) is 21.4. The maximum absolute atomic E-state index is 13.1. The van der Waals surface area contributed by atoms with Crippen LogP contribution < -0.4 is 10.1 Å². The number of nitrogens with one attached hydrogen (secondary N) is 1. The first kappa shape index (κ1) is 21.7. The molecule has 1 fully saturated rings. The maximum atomic E-state index is 13.1. The van der Waals surface area contributed by atoms with Gasteiger partial charge in [0.15, 0.2) is 0 Å². The highest BCUT2D eigenvalue weighted by atomic mass is 16.5. The quantitative estimate of drug-likeness (QED) is 0.634. The van der Waals surface area contributed by atoms with E-state index >= 15 is 0 Å². The largest absolute Gasteiger partial charge is 0.497 e. The molecule has 1 atom stereocenters. The van der Waals surface area contributed by atoms with Crippen LogP contribution in [0.1, 0.15) is 18.4 Å². The zero-order valence-corrected chi connectivity index (χ0v) is 18.6. The summed E-state index contributed by atoms with van der Waals surface area (Å²) in [5.41, 5.74) is 1.84. The third-order valence-electron chi connectivity index (χ3n) is 5.99. The fraction of sp³-hybridized carbons (Fsp3) is 0.308. The molecule has 0 aromatic heterocycles. The standard InChI is InChI=1S/C26H29N3O3/c1-28(17-19-10-11-21-16-24(32-2)13-12-20(21)15-19)25(30)22-7-6-14-29(18-22)26(31)27-23-8-4-3-5-9-23/h3-5,8-13,15-16,22H,6-7,14,17-18H2,1-2H3,(H,27,31). The lowest BCUT2D eigenvalue weighted by atomic mass is 9.96. The van der Waals surface area contributed by atoms with Gasteiger partial charge in [-0.1, -0.05) is 36.4 Å². The number of piperidine rings is 1. The number of carbonyl (C=O) groups excluding carboxylic acids is 2. The number of hydrogen-bond acceptors (Lipinski definition) is 3. The number of likely N-dealkylation sites (tertiary alicyclic amines) is 1. The number of anilines is 1. The molecule has 1 heterocycles. The predicted octanol–water partition coefficient (Wildman–Crippen LogP) is 4.75. The number of rotatable bonds is 5. The zero-order chi connectivity index (χ0) is 22.5. The Morgan fingerprint density at radius 1 is 1.06 bits per heavy atom. The van der Waals surface area contributed by atoms with Crippen LogP contribution in [0.5, 0.6) is 5.75 Å². The summed E-state index contributed by atoms with van der Waals surface area (Å²) in [6.07, 6.45) is 1.63. The molecular formula is C26H29N3O3. The molecule has 6 heteroatoms. The summed E-state index contributed by atoms with van der Waals surface area (Å²) in [5.74, 6) is 0.729. The second kappa shape index (κ2) is 9.73. The molecule has 6 nitrogen and oxygen atoms in total. The molecule has 1 unspecified atom stereocenters. The van der Waals surface area contributed by atoms with E-state index in [9.17, 15) is 9.59 Å². The minimum absolute atomic E-state index is 0.0806. The average Bonchev–Trinajstić information content (AvgIpc) is 2.83. The normalized spacial score (nSPS) is 15.9. The van der Waals surface area contributed by atoms with Gasteiger partial charge in [0.25, 0.3) is 0 Å². The van der Waals surface area contributed by atoms with Crippen LogP contribution in [0.2, 0.25) is 0 Å². The summed E-state index contributed by atoms with van der Waals surface area (Å²) in [5, 5.41) is 5.14. The lowest BCUT2D eigenvalue weighted by Crippen LogP contribution is -2.47. The molecule has 32 heavy (non-hydrogen) atoms. The van der Waals surface area contributed by atoms with E-state index in [0.717, 1.165) is 40.6 Å². The van der Waals surface area contributed by atoms with E-state index in [1.165, 1.54) is 0 Å². The van der Waals surface area contributed by atoms with Gasteiger partial charge in [0.2, 0.25) is 5.91 Å². The van der Waals surface area contributed by atoms with Gasteiger partial charge in [0.05, 0.1) is 13.0 Å². The first-order chi connectivity index (χ1) is 15.5. The summed E-state index contributed by atoms with van der Waals surface area (Å²) in [7, 11) is 3.50. The molecule has 1 saturated heterocycles. The van der Waals surface area contributed by atoms with Crippen molar-refractivity contribution in [2.75, 3.05) is 32.6 Å². The SMILES string of the molecule is COc1ccc2cc(CN(C)C(=O)C3CCCN(C(=O)Nc4ccccc4)C3)ccc2c1. The maximum Gasteiger partial charge on any atom is 0.321 e. The minimum atomic E-state index is -0.181. The number of carbonyl (C=O) groups is 2. The number of nitrogens with zero attached hydrogens (tertiary/aromatic N) is 2. The van der Waals surface area contributed by atoms with Gasteiger partial charge in [0, 0.05) is 32.4 Å². The van der Waals surface area contributed by atoms with E-state index in [2.05, 4.69) is 17.4 Å². The van der Waals surface area contributed by atoms with E-state index in [0.29, 0.717) is 19.6 Å². The third kappa shape index (κ3) is 5.02. The van der Waals surface area contributed by atoms with Crippen LogP contribution in [0.25, 0.3) is 10.8 Å². The Kier molecular flexibility index (Phi) is 6.59. The molecule has 3 aromatic rings. The molecule has 166 valence electrons. The summed E-state index contributed by atoms with van der Waals surface area (Å²) in [6.45, 7) is 1.65. The Bertz CT molecular complexity index is 1100. The molecule has 0 spiro atoms. The molecule has 1 aliphatic heterocycles. The Balaban J connectivity index is 1.37. The van der Waals surface area contributed by atoms with Crippen LogP contribution in [0.15, 0.2) is 66.7 Å². The fourth-order valence-corrected chi connectivity index (χ4v) is 4.25. The summed E-state index contributed by atoms with van der Waals surface area (Å²) in [4.78, 5) is 29.3. The van der Waals surface area contributed by atoms with Crippen LogP contribution >= 0.6 is 0 Å². The summed E-state index contributed by atoms with van der Waals surface area (Å²) < 4.78 is 5.29. The second-order valence-corrected chi connectivity index (χ2v) is 8.32. The van der Waals surface area contributed by atoms with Gasteiger partial charge in [-0.2, -0.15) is 0 Å². The number of urea groups is 1. The van der Waals surface area contributed by atoms with Gasteiger partial charge in [-0.3, -0.25) is 4.79 Å². The number of benzene rings is 3. The highest BCUT2D eigenvalue weighted by Gasteiger charge is 2.30. The number of para-hydroxylation sites is 1. The molecule has 0 radical (unpaired) electrons. The van der Waals surface area contributed by atoms with Gasteiger partial charge in [-0.25, -0.2) is 4.79 Å². The predicted molar refractivity (Wildman–Crippen MR) is 127 cm³/mol. The molecule has 3 aromatic carbocycles. The number of methoxy groups -OCH3 is 1. The fourth-order valence-electron chi connectivity index (χ4n) is 4.25. The van der Waals surface area contributed by atoms with E-state index in [4.69, 9.17) is 4.74 Å². The van der Waals surface area contributed by atoms with Gasteiger partial charge in [-0.15, -0.1) is 0 Å². The number of hydrogen-bond donors (Lipinski definition) is 1. The van der Waals surface area contributed by atoms with Crippen molar-refractivity contribution in [3.05, 3.63) is 72.3 Å². The van der Waals surface area contributed by atoms with E-state index in [1.807, 2.05) is 61.6 Å². The van der Waals surface area contributed by atoms with Crippen molar-refractivity contribution in [2.24, 2.45) is 5.92 Å². The lowest BCUT2D eigenvalue weighted by Gasteiger charge is -2.34. The van der Waals surface area contributed by atoms with Crippen LogP contribution in [0.3, 0.4) is 0 Å².